The van der Waals surface area contributed by atoms with Crippen molar-refractivity contribution in [3.63, 3.8) is 0 Å². The standard InChI is InChI=1S/C13H17ClN2O/c14-10-3-5-11(6-4-10)16-12(17)9-13(15)7-1-2-8-13/h3-6H,1-2,7-9,15H2,(H,16,17). The summed E-state index contributed by atoms with van der Waals surface area (Å²) in [5, 5.41) is 3.50. The van der Waals surface area contributed by atoms with Crippen LogP contribution in [-0.2, 0) is 4.79 Å². The van der Waals surface area contributed by atoms with Crippen LogP contribution in [0.5, 0.6) is 0 Å². The second-order valence-electron chi connectivity index (χ2n) is 4.80. The van der Waals surface area contributed by atoms with Crippen LogP contribution in [0, 0.1) is 0 Å². The first kappa shape index (κ1) is 12.4. The first-order valence-electron chi connectivity index (χ1n) is 5.92. The van der Waals surface area contributed by atoms with Crippen LogP contribution in [0.3, 0.4) is 0 Å². The number of benzene rings is 1. The van der Waals surface area contributed by atoms with E-state index in [4.69, 9.17) is 17.3 Å². The molecule has 3 nitrogen and oxygen atoms in total. The highest BCUT2D eigenvalue weighted by atomic mass is 35.5. The van der Waals surface area contributed by atoms with Crippen LogP contribution in [-0.4, -0.2) is 11.4 Å². The van der Waals surface area contributed by atoms with E-state index >= 15 is 0 Å². The third kappa shape index (κ3) is 3.45. The fraction of sp³-hybridized carbons (Fsp3) is 0.462. The van der Waals surface area contributed by atoms with Gasteiger partial charge in [0.15, 0.2) is 0 Å². The molecule has 0 bridgehead atoms. The molecule has 4 heteroatoms. The van der Waals surface area contributed by atoms with Gasteiger partial charge in [0.05, 0.1) is 0 Å². The highest BCUT2D eigenvalue weighted by Gasteiger charge is 2.31. The van der Waals surface area contributed by atoms with E-state index in [0.29, 0.717) is 11.4 Å². The van der Waals surface area contributed by atoms with Crippen molar-refractivity contribution in [2.24, 2.45) is 5.73 Å². The van der Waals surface area contributed by atoms with Crippen molar-refractivity contribution in [1.29, 1.82) is 0 Å². The number of rotatable bonds is 3. The van der Waals surface area contributed by atoms with Crippen LogP contribution in [0.15, 0.2) is 24.3 Å². The Kier molecular flexibility index (Phi) is 3.69. The maximum Gasteiger partial charge on any atom is 0.226 e. The number of nitrogens with one attached hydrogen (secondary N) is 1. The molecule has 0 unspecified atom stereocenters. The number of halogens is 1. The number of carbonyl (C=O) groups is 1. The first-order chi connectivity index (χ1) is 8.07. The van der Waals surface area contributed by atoms with E-state index < -0.39 is 0 Å². The number of carbonyl (C=O) groups excluding carboxylic acids is 1. The minimum Gasteiger partial charge on any atom is -0.326 e. The fourth-order valence-corrected chi connectivity index (χ4v) is 2.44. The van der Waals surface area contributed by atoms with E-state index in [2.05, 4.69) is 5.32 Å². The Balaban J connectivity index is 1.91. The smallest absolute Gasteiger partial charge is 0.226 e. The summed E-state index contributed by atoms with van der Waals surface area (Å²) < 4.78 is 0. The van der Waals surface area contributed by atoms with Crippen LogP contribution >= 0.6 is 11.6 Å². The maximum atomic E-state index is 11.8. The summed E-state index contributed by atoms with van der Waals surface area (Å²) in [6.45, 7) is 0. The molecule has 1 aliphatic rings. The molecule has 3 N–H and O–H groups in total. The molecule has 1 aliphatic carbocycles. The Hall–Kier alpha value is -1.06. The van der Waals surface area contributed by atoms with Gasteiger partial charge in [0.25, 0.3) is 0 Å². The third-order valence-corrected chi connectivity index (χ3v) is 3.49. The lowest BCUT2D eigenvalue weighted by molar-refractivity contribution is -0.117. The molecule has 0 atom stereocenters. The Morgan fingerprint density at radius 2 is 1.88 bits per heavy atom. The molecule has 92 valence electrons. The maximum absolute atomic E-state index is 11.8. The SMILES string of the molecule is NC1(CC(=O)Nc2ccc(Cl)cc2)CCCC1. The zero-order valence-electron chi connectivity index (χ0n) is 9.71. The molecule has 2 rings (SSSR count). The van der Waals surface area contributed by atoms with E-state index in [-0.39, 0.29) is 11.4 Å². The highest BCUT2D eigenvalue weighted by Crippen LogP contribution is 2.30. The van der Waals surface area contributed by atoms with Crippen LogP contribution < -0.4 is 11.1 Å². The van der Waals surface area contributed by atoms with Crippen molar-refractivity contribution in [3.05, 3.63) is 29.3 Å². The van der Waals surface area contributed by atoms with E-state index in [1.807, 2.05) is 0 Å². The Morgan fingerprint density at radius 1 is 1.29 bits per heavy atom. The van der Waals surface area contributed by atoms with E-state index in [1.165, 1.54) is 0 Å². The quantitative estimate of drug-likeness (QED) is 0.869. The lowest BCUT2D eigenvalue weighted by Gasteiger charge is -2.22. The molecule has 0 aromatic heterocycles. The second-order valence-corrected chi connectivity index (χ2v) is 5.24. The highest BCUT2D eigenvalue weighted by molar-refractivity contribution is 6.30. The van der Waals surface area contributed by atoms with Gasteiger partial charge in [0, 0.05) is 22.7 Å². The molecule has 0 saturated heterocycles. The van der Waals surface area contributed by atoms with Gasteiger partial charge in [-0.2, -0.15) is 0 Å². The average Bonchev–Trinajstić information content (AvgIpc) is 2.68. The van der Waals surface area contributed by atoms with E-state index in [9.17, 15) is 4.79 Å². The molecule has 0 heterocycles. The van der Waals surface area contributed by atoms with Gasteiger partial charge in [0.1, 0.15) is 0 Å². The molecule has 17 heavy (non-hydrogen) atoms. The number of amides is 1. The van der Waals surface area contributed by atoms with Crippen molar-refractivity contribution >= 4 is 23.2 Å². The van der Waals surface area contributed by atoms with Crippen molar-refractivity contribution in [3.8, 4) is 0 Å². The number of nitrogens with two attached hydrogens (primary N) is 1. The van der Waals surface area contributed by atoms with Gasteiger partial charge in [-0.1, -0.05) is 24.4 Å². The van der Waals surface area contributed by atoms with Gasteiger partial charge in [-0.15, -0.1) is 0 Å². The topological polar surface area (TPSA) is 55.1 Å². The zero-order chi connectivity index (χ0) is 12.3. The molecule has 1 saturated carbocycles. The monoisotopic (exact) mass is 252 g/mol. The average molecular weight is 253 g/mol. The van der Waals surface area contributed by atoms with Gasteiger partial charge in [-0.25, -0.2) is 0 Å². The van der Waals surface area contributed by atoms with Crippen molar-refractivity contribution in [1.82, 2.24) is 0 Å². The predicted octanol–water partition coefficient (Wildman–Crippen LogP) is 2.94. The Morgan fingerprint density at radius 3 is 2.47 bits per heavy atom. The van der Waals surface area contributed by atoms with Crippen LogP contribution in [0.4, 0.5) is 5.69 Å². The van der Waals surface area contributed by atoms with Crippen molar-refractivity contribution in [2.45, 2.75) is 37.6 Å². The minimum absolute atomic E-state index is 0.0169. The number of hydrogen-bond donors (Lipinski definition) is 2. The number of hydrogen-bond acceptors (Lipinski definition) is 2. The molecular weight excluding hydrogens is 236 g/mol. The Labute approximate surface area is 106 Å². The number of anilines is 1. The van der Waals surface area contributed by atoms with E-state index in [0.717, 1.165) is 31.4 Å². The summed E-state index contributed by atoms with van der Waals surface area (Å²) in [5.74, 6) is -0.0169. The predicted molar refractivity (Wildman–Crippen MR) is 70.1 cm³/mol. The van der Waals surface area contributed by atoms with Gasteiger partial charge < -0.3 is 11.1 Å². The fourth-order valence-electron chi connectivity index (χ4n) is 2.31. The molecule has 1 aromatic rings. The summed E-state index contributed by atoms with van der Waals surface area (Å²) in [4.78, 5) is 11.8. The molecule has 0 radical (unpaired) electrons. The van der Waals surface area contributed by atoms with Crippen molar-refractivity contribution in [2.75, 3.05) is 5.32 Å². The molecule has 0 spiro atoms. The lowest BCUT2D eigenvalue weighted by atomic mass is 9.94. The van der Waals surface area contributed by atoms with Crippen LogP contribution in [0.1, 0.15) is 32.1 Å². The van der Waals surface area contributed by atoms with E-state index in [1.54, 1.807) is 24.3 Å². The summed E-state index contributed by atoms with van der Waals surface area (Å²) in [6, 6.07) is 7.09. The van der Waals surface area contributed by atoms with Crippen LogP contribution in [0.25, 0.3) is 0 Å². The normalized spacial score (nSPS) is 18.0. The largest absolute Gasteiger partial charge is 0.326 e. The van der Waals surface area contributed by atoms with Crippen molar-refractivity contribution < 1.29 is 4.79 Å². The summed E-state index contributed by atoms with van der Waals surface area (Å²) >= 11 is 5.78. The second kappa shape index (κ2) is 5.07. The molecule has 1 fully saturated rings. The van der Waals surface area contributed by atoms with Gasteiger partial charge in [0.2, 0.25) is 5.91 Å². The van der Waals surface area contributed by atoms with Crippen LogP contribution in [0.2, 0.25) is 5.02 Å². The summed E-state index contributed by atoms with van der Waals surface area (Å²) in [6.07, 6.45) is 4.55. The lowest BCUT2D eigenvalue weighted by Crippen LogP contribution is -2.40. The van der Waals surface area contributed by atoms with Gasteiger partial charge in [-0.3, -0.25) is 4.79 Å². The van der Waals surface area contributed by atoms with Gasteiger partial charge in [-0.05, 0) is 37.1 Å². The summed E-state index contributed by atoms with van der Waals surface area (Å²) in [7, 11) is 0. The Bertz CT molecular complexity index is 396. The third-order valence-electron chi connectivity index (χ3n) is 3.24. The summed E-state index contributed by atoms with van der Waals surface area (Å²) in [5.41, 5.74) is 6.63. The zero-order valence-corrected chi connectivity index (χ0v) is 10.5. The molecular formula is C13H17ClN2O. The molecule has 0 aliphatic heterocycles. The minimum atomic E-state index is -0.295. The molecule has 1 amide bonds. The van der Waals surface area contributed by atoms with Gasteiger partial charge >= 0.3 is 0 Å². The molecule has 1 aromatic carbocycles. The first-order valence-corrected chi connectivity index (χ1v) is 6.30.